The molecule has 0 radical (unpaired) electrons. The average molecular weight is 314 g/mol. The minimum Gasteiger partial charge on any atom is -0.314 e. The van der Waals surface area contributed by atoms with E-state index in [0.29, 0.717) is 6.04 Å². The first-order valence-corrected chi connectivity index (χ1v) is 6.83. The lowest BCUT2D eigenvalue weighted by Crippen LogP contribution is -2.45. The molecule has 2 aliphatic rings. The lowest BCUT2D eigenvalue weighted by molar-refractivity contribution is 0.156. The topological polar surface area (TPSA) is 39.1 Å². The third-order valence-corrected chi connectivity index (χ3v) is 3.99. The van der Waals surface area contributed by atoms with Gasteiger partial charge in [0, 0.05) is 32.2 Å². The van der Waals surface area contributed by atoms with Crippen LogP contribution in [-0.2, 0) is 0 Å². The maximum Gasteiger partial charge on any atom is 0.0991 e. The second kappa shape index (κ2) is 7.85. The van der Waals surface area contributed by atoms with Crippen LogP contribution in [0.1, 0.15) is 30.0 Å². The molecule has 0 unspecified atom stereocenters. The van der Waals surface area contributed by atoms with Crippen molar-refractivity contribution >= 4 is 24.8 Å². The van der Waals surface area contributed by atoms with Gasteiger partial charge in [0.25, 0.3) is 0 Å². The van der Waals surface area contributed by atoms with Crippen molar-refractivity contribution in [3.05, 3.63) is 35.4 Å². The molecule has 0 aromatic heterocycles. The predicted molar refractivity (Wildman–Crippen MR) is 85.6 cm³/mol. The Morgan fingerprint density at radius 2 is 1.70 bits per heavy atom. The number of nitrogens with one attached hydrogen (secondary N) is 1. The largest absolute Gasteiger partial charge is 0.314 e. The van der Waals surface area contributed by atoms with Gasteiger partial charge in [0.15, 0.2) is 0 Å². The van der Waals surface area contributed by atoms with Crippen LogP contribution in [-0.4, -0.2) is 31.1 Å². The summed E-state index contributed by atoms with van der Waals surface area (Å²) >= 11 is 0. The average Bonchev–Trinajstić information content (AvgIpc) is 3.26. The van der Waals surface area contributed by atoms with E-state index in [1.165, 1.54) is 18.4 Å². The summed E-state index contributed by atoms with van der Waals surface area (Å²) in [5, 5.41) is 12.3. The quantitative estimate of drug-likeness (QED) is 0.932. The molecule has 5 heteroatoms. The summed E-state index contributed by atoms with van der Waals surface area (Å²) in [5.41, 5.74) is 2.15. The Morgan fingerprint density at radius 3 is 2.20 bits per heavy atom. The fourth-order valence-corrected chi connectivity index (χ4v) is 2.91. The fraction of sp³-hybridized carbons (Fsp3) is 0.533. The van der Waals surface area contributed by atoms with Gasteiger partial charge in [0.1, 0.15) is 0 Å². The van der Waals surface area contributed by atoms with Crippen LogP contribution >= 0.6 is 24.8 Å². The number of hydrogen-bond acceptors (Lipinski definition) is 3. The van der Waals surface area contributed by atoms with Crippen LogP contribution in [0.2, 0.25) is 0 Å². The Kier molecular flexibility index (Phi) is 6.78. The molecule has 0 spiro atoms. The zero-order valence-electron chi connectivity index (χ0n) is 11.4. The first-order valence-electron chi connectivity index (χ1n) is 6.83. The molecule has 1 heterocycles. The van der Waals surface area contributed by atoms with Crippen LogP contribution in [0.15, 0.2) is 24.3 Å². The molecule has 2 fully saturated rings. The second-order valence-electron chi connectivity index (χ2n) is 5.30. The third-order valence-electron chi connectivity index (χ3n) is 3.99. The third kappa shape index (κ3) is 3.86. The van der Waals surface area contributed by atoms with E-state index in [1.807, 2.05) is 12.1 Å². The summed E-state index contributed by atoms with van der Waals surface area (Å²) in [7, 11) is 0. The van der Waals surface area contributed by atoms with Gasteiger partial charge < -0.3 is 5.32 Å². The van der Waals surface area contributed by atoms with Gasteiger partial charge in [-0.1, -0.05) is 12.1 Å². The number of rotatable bonds is 3. The Labute approximate surface area is 133 Å². The van der Waals surface area contributed by atoms with Gasteiger partial charge in [-0.05, 0) is 36.5 Å². The van der Waals surface area contributed by atoms with E-state index in [-0.39, 0.29) is 24.8 Å². The van der Waals surface area contributed by atoms with E-state index in [0.717, 1.165) is 37.7 Å². The summed E-state index contributed by atoms with van der Waals surface area (Å²) in [5.74, 6) is 0.830. The first-order chi connectivity index (χ1) is 8.88. The van der Waals surface area contributed by atoms with Crippen molar-refractivity contribution in [2.24, 2.45) is 5.92 Å². The molecule has 20 heavy (non-hydrogen) atoms. The molecule has 1 saturated heterocycles. The monoisotopic (exact) mass is 313 g/mol. The molecule has 1 aromatic rings. The lowest BCUT2D eigenvalue weighted by atomic mass is 9.99. The predicted octanol–water partition coefficient (Wildman–Crippen LogP) is 2.76. The molecule has 0 amide bonds. The molecule has 3 nitrogen and oxygen atoms in total. The fourth-order valence-electron chi connectivity index (χ4n) is 2.91. The first kappa shape index (κ1) is 17.3. The highest BCUT2D eigenvalue weighted by Gasteiger charge is 2.36. The number of nitriles is 1. The molecule has 1 aliphatic heterocycles. The van der Waals surface area contributed by atoms with Gasteiger partial charge in [-0.25, -0.2) is 0 Å². The number of hydrogen-bond donors (Lipinski definition) is 1. The van der Waals surface area contributed by atoms with Crippen LogP contribution in [0.3, 0.4) is 0 Å². The normalized spacial score (nSPS) is 20.1. The number of benzene rings is 1. The van der Waals surface area contributed by atoms with Crippen molar-refractivity contribution < 1.29 is 0 Å². The second-order valence-corrected chi connectivity index (χ2v) is 5.30. The summed E-state index contributed by atoms with van der Waals surface area (Å²) in [4.78, 5) is 2.61. The Hall–Kier alpha value is -0.790. The molecule has 3 rings (SSSR count). The molecule has 110 valence electrons. The zero-order chi connectivity index (χ0) is 12.4. The Balaban J connectivity index is 0.000001000. The molecule has 1 aliphatic carbocycles. The van der Waals surface area contributed by atoms with E-state index >= 15 is 0 Å². The van der Waals surface area contributed by atoms with Gasteiger partial charge in [0.2, 0.25) is 0 Å². The summed E-state index contributed by atoms with van der Waals surface area (Å²) in [6.45, 7) is 4.47. The maximum absolute atomic E-state index is 8.87. The van der Waals surface area contributed by atoms with Crippen molar-refractivity contribution in [1.29, 1.82) is 5.26 Å². The van der Waals surface area contributed by atoms with Crippen molar-refractivity contribution in [2.75, 3.05) is 26.2 Å². The molecule has 1 saturated carbocycles. The SMILES string of the molecule is Cl.Cl.N#Cc1ccc([C@@H](C2CC2)N2CCNCC2)cc1. The van der Waals surface area contributed by atoms with Gasteiger partial charge in [-0.3, -0.25) is 4.90 Å². The van der Waals surface area contributed by atoms with E-state index in [1.54, 1.807) is 0 Å². The number of nitrogens with zero attached hydrogens (tertiary/aromatic N) is 2. The minimum atomic E-state index is 0. The van der Waals surface area contributed by atoms with Gasteiger partial charge in [0.05, 0.1) is 11.6 Å². The van der Waals surface area contributed by atoms with Crippen LogP contribution in [0.4, 0.5) is 0 Å². The van der Waals surface area contributed by atoms with Crippen LogP contribution in [0.5, 0.6) is 0 Å². The lowest BCUT2D eigenvalue weighted by Gasteiger charge is -2.35. The van der Waals surface area contributed by atoms with Crippen molar-refractivity contribution in [3.8, 4) is 6.07 Å². The van der Waals surface area contributed by atoms with E-state index in [9.17, 15) is 0 Å². The molecule has 1 atom stereocenters. The van der Waals surface area contributed by atoms with Crippen molar-refractivity contribution in [2.45, 2.75) is 18.9 Å². The molecular weight excluding hydrogens is 293 g/mol. The molecule has 0 bridgehead atoms. The highest BCUT2D eigenvalue weighted by molar-refractivity contribution is 5.85. The summed E-state index contributed by atoms with van der Waals surface area (Å²) in [6, 6.07) is 11.0. The smallest absolute Gasteiger partial charge is 0.0991 e. The van der Waals surface area contributed by atoms with Gasteiger partial charge >= 0.3 is 0 Å². The Morgan fingerprint density at radius 1 is 1.10 bits per heavy atom. The summed E-state index contributed by atoms with van der Waals surface area (Å²) < 4.78 is 0. The van der Waals surface area contributed by atoms with Crippen LogP contribution < -0.4 is 5.32 Å². The summed E-state index contributed by atoms with van der Waals surface area (Å²) in [6.07, 6.45) is 2.71. The Bertz CT molecular complexity index is 445. The van der Waals surface area contributed by atoms with E-state index in [2.05, 4.69) is 28.4 Å². The number of piperazine rings is 1. The highest BCUT2D eigenvalue weighted by atomic mass is 35.5. The highest BCUT2D eigenvalue weighted by Crippen LogP contribution is 2.44. The van der Waals surface area contributed by atoms with Crippen LogP contribution in [0, 0.1) is 17.2 Å². The zero-order valence-corrected chi connectivity index (χ0v) is 13.1. The van der Waals surface area contributed by atoms with E-state index < -0.39 is 0 Å². The van der Waals surface area contributed by atoms with Gasteiger partial charge in [-0.15, -0.1) is 24.8 Å². The van der Waals surface area contributed by atoms with Crippen LogP contribution in [0.25, 0.3) is 0 Å². The molecule has 1 N–H and O–H groups in total. The minimum absolute atomic E-state index is 0. The molecule has 1 aromatic carbocycles. The van der Waals surface area contributed by atoms with Gasteiger partial charge in [-0.2, -0.15) is 5.26 Å². The van der Waals surface area contributed by atoms with Crippen molar-refractivity contribution in [1.82, 2.24) is 10.2 Å². The molecular formula is C15H21Cl2N3. The standard InChI is InChI=1S/C15H19N3.2ClH/c16-11-12-1-3-13(4-2-12)15(14-5-6-14)18-9-7-17-8-10-18;;/h1-4,14-15,17H,5-10H2;2*1H/t15-;;/m0../s1. The maximum atomic E-state index is 8.87. The van der Waals surface area contributed by atoms with Crippen molar-refractivity contribution in [3.63, 3.8) is 0 Å². The number of halogens is 2. The van der Waals surface area contributed by atoms with E-state index in [4.69, 9.17) is 5.26 Å².